The highest BCUT2D eigenvalue weighted by molar-refractivity contribution is 6.13. The Balaban J connectivity index is 4.89. The fraction of sp³-hybridized carbons (Fsp3) is 0.429. The van der Waals surface area contributed by atoms with Crippen molar-refractivity contribution in [2.75, 3.05) is 0 Å². The minimum absolute atomic E-state index is 0.539. The predicted molar refractivity (Wildman–Crippen MR) is 38.5 cm³/mol. The molecule has 0 aliphatic rings. The third kappa shape index (κ3) is 3.17. The molecule has 0 fully saturated rings. The fourth-order valence-corrected chi connectivity index (χ4v) is 0.558. The summed E-state index contributed by atoms with van der Waals surface area (Å²) in [6, 6.07) is 0. The SMILES string of the molecule is CC=C(C(=O)O)C(=O)OC(F)(F)C(F)(F)F. The van der Waals surface area contributed by atoms with Gasteiger partial charge in [0.2, 0.25) is 0 Å². The molecular weight excluding hydrogens is 243 g/mol. The number of carbonyl (C=O) groups is 2. The van der Waals surface area contributed by atoms with E-state index >= 15 is 0 Å². The lowest BCUT2D eigenvalue weighted by molar-refractivity contribution is -0.375. The number of carboxylic acid groups (broad SMARTS) is 1. The van der Waals surface area contributed by atoms with Crippen molar-refractivity contribution >= 4 is 11.9 Å². The van der Waals surface area contributed by atoms with Crippen molar-refractivity contribution in [3.8, 4) is 0 Å². The van der Waals surface area contributed by atoms with Crippen LogP contribution in [0.5, 0.6) is 0 Å². The number of alkyl halides is 5. The molecule has 0 saturated heterocycles. The summed E-state index contributed by atoms with van der Waals surface area (Å²) >= 11 is 0. The van der Waals surface area contributed by atoms with Crippen molar-refractivity contribution in [3.63, 3.8) is 0 Å². The summed E-state index contributed by atoms with van der Waals surface area (Å²) in [5, 5.41) is 8.25. The first-order valence-corrected chi connectivity index (χ1v) is 3.60. The second-order valence-electron chi connectivity index (χ2n) is 2.41. The van der Waals surface area contributed by atoms with Crippen LogP contribution in [-0.4, -0.2) is 29.3 Å². The van der Waals surface area contributed by atoms with E-state index in [-0.39, 0.29) is 0 Å². The predicted octanol–water partition coefficient (Wildman–Crippen LogP) is 1.72. The molecule has 0 radical (unpaired) electrons. The molecule has 0 aliphatic heterocycles. The van der Waals surface area contributed by atoms with E-state index in [1.54, 1.807) is 0 Å². The van der Waals surface area contributed by atoms with Crippen molar-refractivity contribution in [2.45, 2.75) is 19.2 Å². The number of carboxylic acids is 1. The summed E-state index contributed by atoms with van der Waals surface area (Å²) in [7, 11) is 0. The van der Waals surface area contributed by atoms with Gasteiger partial charge in [0.25, 0.3) is 0 Å². The number of hydrogen-bond acceptors (Lipinski definition) is 3. The summed E-state index contributed by atoms with van der Waals surface area (Å²) < 4.78 is 61.8. The molecule has 9 heteroatoms. The molecule has 0 aromatic rings. The van der Waals surface area contributed by atoms with Crippen LogP contribution in [0, 0.1) is 0 Å². The third-order valence-corrected chi connectivity index (χ3v) is 1.29. The highest BCUT2D eigenvalue weighted by atomic mass is 19.4. The molecule has 0 saturated carbocycles. The maximum absolute atomic E-state index is 12.2. The maximum atomic E-state index is 12.2. The number of allylic oxidation sites excluding steroid dienone is 1. The van der Waals surface area contributed by atoms with Crippen LogP contribution in [0.25, 0.3) is 0 Å². The smallest absolute Gasteiger partial charge is 0.477 e. The first-order chi connectivity index (χ1) is 7.03. The number of ether oxygens (including phenoxy) is 1. The Hall–Kier alpha value is -1.67. The van der Waals surface area contributed by atoms with Crippen LogP contribution in [-0.2, 0) is 14.3 Å². The van der Waals surface area contributed by atoms with Gasteiger partial charge >= 0.3 is 24.2 Å². The van der Waals surface area contributed by atoms with Gasteiger partial charge < -0.3 is 9.84 Å². The second kappa shape index (κ2) is 4.45. The summed E-state index contributed by atoms with van der Waals surface area (Å²) in [5.74, 6) is -4.23. The van der Waals surface area contributed by atoms with Crippen LogP contribution in [0.4, 0.5) is 22.0 Å². The van der Waals surface area contributed by atoms with Crippen molar-refractivity contribution in [2.24, 2.45) is 0 Å². The molecule has 4 nitrogen and oxygen atoms in total. The molecule has 0 amide bonds. The van der Waals surface area contributed by atoms with Gasteiger partial charge in [0.15, 0.2) is 0 Å². The van der Waals surface area contributed by atoms with Crippen molar-refractivity contribution in [1.82, 2.24) is 0 Å². The van der Waals surface area contributed by atoms with Gasteiger partial charge in [0.1, 0.15) is 5.57 Å². The van der Waals surface area contributed by atoms with Crippen molar-refractivity contribution in [3.05, 3.63) is 11.6 Å². The quantitative estimate of drug-likeness (QED) is 0.271. The average Bonchev–Trinajstić information content (AvgIpc) is 2.00. The average molecular weight is 248 g/mol. The minimum Gasteiger partial charge on any atom is -0.477 e. The molecule has 0 heterocycles. The molecule has 0 unspecified atom stereocenters. The summed E-state index contributed by atoms with van der Waals surface area (Å²) in [6.07, 6.45) is -11.3. The number of halogens is 5. The number of carbonyl (C=O) groups excluding carboxylic acids is 1. The van der Waals surface area contributed by atoms with E-state index in [4.69, 9.17) is 5.11 Å². The van der Waals surface area contributed by atoms with E-state index in [0.29, 0.717) is 6.08 Å². The molecule has 0 rings (SSSR count). The van der Waals surface area contributed by atoms with Gasteiger partial charge in [0.05, 0.1) is 0 Å². The zero-order chi connectivity index (χ0) is 13.1. The van der Waals surface area contributed by atoms with Crippen LogP contribution in [0.15, 0.2) is 11.6 Å². The number of hydrogen-bond donors (Lipinski definition) is 1. The largest absolute Gasteiger partial charge is 0.501 e. The van der Waals surface area contributed by atoms with Gasteiger partial charge in [-0.15, -0.1) is 0 Å². The van der Waals surface area contributed by atoms with Crippen LogP contribution in [0.1, 0.15) is 6.92 Å². The molecule has 1 N–H and O–H groups in total. The Morgan fingerprint density at radius 3 is 1.88 bits per heavy atom. The summed E-state index contributed by atoms with van der Waals surface area (Å²) in [4.78, 5) is 20.8. The molecule has 92 valence electrons. The second-order valence-corrected chi connectivity index (χ2v) is 2.41. The van der Waals surface area contributed by atoms with Crippen LogP contribution < -0.4 is 0 Å². The number of rotatable bonds is 3. The molecule has 0 bridgehead atoms. The first-order valence-electron chi connectivity index (χ1n) is 3.60. The highest BCUT2D eigenvalue weighted by Crippen LogP contribution is 2.36. The topological polar surface area (TPSA) is 63.6 Å². The molecule has 0 aromatic heterocycles. The van der Waals surface area contributed by atoms with E-state index < -0.39 is 29.8 Å². The Kier molecular flexibility index (Phi) is 3.99. The van der Waals surface area contributed by atoms with Crippen molar-refractivity contribution in [1.29, 1.82) is 0 Å². The van der Waals surface area contributed by atoms with Crippen LogP contribution >= 0.6 is 0 Å². The molecule has 0 aliphatic carbocycles. The lowest BCUT2D eigenvalue weighted by atomic mass is 10.2. The third-order valence-electron chi connectivity index (χ3n) is 1.29. The molecule has 16 heavy (non-hydrogen) atoms. The Morgan fingerprint density at radius 1 is 1.19 bits per heavy atom. The number of aliphatic carboxylic acids is 1. The lowest BCUT2D eigenvalue weighted by Gasteiger charge is -2.18. The minimum atomic E-state index is -6.10. The van der Waals surface area contributed by atoms with Gasteiger partial charge in [-0.3, -0.25) is 0 Å². The summed E-state index contributed by atoms with van der Waals surface area (Å²) in [5.41, 5.74) is -1.32. The van der Waals surface area contributed by atoms with Gasteiger partial charge in [-0.2, -0.15) is 22.0 Å². The van der Waals surface area contributed by atoms with E-state index in [9.17, 15) is 31.5 Å². The maximum Gasteiger partial charge on any atom is 0.501 e. The zero-order valence-electron chi connectivity index (χ0n) is 7.64. The highest BCUT2D eigenvalue weighted by Gasteiger charge is 2.62. The summed E-state index contributed by atoms with van der Waals surface area (Å²) in [6.45, 7) is 0.969. The first kappa shape index (κ1) is 14.3. The molecule has 0 aromatic carbocycles. The van der Waals surface area contributed by atoms with Gasteiger partial charge in [0, 0.05) is 0 Å². The van der Waals surface area contributed by atoms with Gasteiger partial charge in [-0.05, 0) is 6.92 Å². The van der Waals surface area contributed by atoms with Crippen molar-refractivity contribution < 1.29 is 41.4 Å². The normalized spacial score (nSPS) is 13.5. The van der Waals surface area contributed by atoms with E-state index in [1.807, 2.05) is 0 Å². The number of esters is 1. The van der Waals surface area contributed by atoms with Gasteiger partial charge in [-0.25, -0.2) is 9.59 Å². The Bertz CT molecular complexity index is 330. The van der Waals surface area contributed by atoms with Crippen LogP contribution in [0.3, 0.4) is 0 Å². The Morgan fingerprint density at radius 2 is 1.62 bits per heavy atom. The molecular formula is C7H5F5O4. The van der Waals surface area contributed by atoms with E-state index in [1.165, 1.54) is 0 Å². The lowest BCUT2D eigenvalue weighted by Crippen LogP contribution is -2.41. The van der Waals surface area contributed by atoms with Crippen LogP contribution in [0.2, 0.25) is 0 Å². The fourth-order valence-electron chi connectivity index (χ4n) is 0.558. The van der Waals surface area contributed by atoms with Gasteiger partial charge in [-0.1, -0.05) is 6.08 Å². The monoisotopic (exact) mass is 248 g/mol. The zero-order valence-corrected chi connectivity index (χ0v) is 7.64. The van der Waals surface area contributed by atoms with E-state index in [2.05, 4.69) is 4.74 Å². The molecule has 0 spiro atoms. The van der Waals surface area contributed by atoms with E-state index in [0.717, 1.165) is 6.92 Å². The Labute approximate surface area is 85.3 Å². The molecule has 0 atom stereocenters. The standard InChI is InChI=1S/C7H5F5O4/c1-2-3(4(13)14)5(15)16-7(11,12)6(8,9)10/h2H,1H3,(H,13,14).